The van der Waals surface area contributed by atoms with Crippen molar-refractivity contribution in [3.8, 4) is 0 Å². The van der Waals surface area contributed by atoms with Crippen LogP contribution in [0.2, 0.25) is 0 Å². The summed E-state index contributed by atoms with van der Waals surface area (Å²) in [5.41, 5.74) is 1.09. The molecule has 1 unspecified atom stereocenters. The van der Waals surface area contributed by atoms with E-state index in [2.05, 4.69) is 20.8 Å². The first-order chi connectivity index (χ1) is 8.16. The standard InChI is InChI=1S/C13H16BrNO2/c14-11-5-3-4-10(8-11)12(9-13(16)17)15-6-1-2-7-15/h3-5,8,12H,1-2,6-7,9H2,(H,16,17). The second-order valence-corrected chi connectivity index (χ2v) is 5.33. The zero-order valence-electron chi connectivity index (χ0n) is 9.60. The molecule has 0 bridgehead atoms. The molecule has 0 radical (unpaired) electrons. The molecule has 1 aromatic carbocycles. The molecule has 17 heavy (non-hydrogen) atoms. The van der Waals surface area contributed by atoms with Crippen molar-refractivity contribution in [2.45, 2.75) is 25.3 Å². The van der Waals surface area contributed by atoms with Crippen LogP contribution in [-0.2, 0) is 4.79 Å². The van der Waals surface area contributed by atoms with Gasteiger partial charge in [0.05, 0.1) is 6.42 Å². The summed E-state index contributed by atoms with van der Waals surface area (Å²) in [4.78, 5) is 13.3. The maximum Gasteiger partial charge on any atom is 0.305 e. The number of hydrogen-bond donors (Lipinski definition) is 1. The van der Waals surface area contributed by atoms with E-state index in [4.69, 9.17) is 5.11 Å². The smallest absolute Gasteiger partial charge is 0.305 e. The molecule has 92 valence electrons. The minimum Gasteiger partial charge on any atom is -0.481 e. The number of hydrogen-bond acceptors (Lipinski definition) is 2. The highest BCUT2D eigenvalue weighted by molar-refractivity contribution is 9.10. The van der Waals surface area contributed by atoms with Crippen LogP contribution in [0.4, 0.5) is 0 Å². The number of nitrogens with zero attached hydrogens (tertiary/aromatic N) is 1. The summed E-state index contributed by atoms with van der Waals surface area (Å²) in [5.74, 6) is -0.734. The van der Waals surface area contributed by atoms with Crippen molar-refractivity contribution in [2.24, 2.45) is 0 Å². The molecule has 1 N–H and O–H groups in total. The zero-order chi connectivity index (χ0) is 12.3. The SMILES string of the molecule is O=C(O)CC(c1cccc(Br)c1)N1CCCC1. The Morgan fingerprint density at radius 1 is 1.41 bits per heavy atom. The fourth-order valence-corrected chi connectivity index (χ4v) is 2.81. The maximum absolute atomic E-state index is 11.0. The number of carboxylic acids is 1. The molecule has 1 heterocycles. The highest BCUT2D eigenvalue weighted by atomic mass is 79.9. The Bertz CT molecular complexity index is 402. The average molecular weight is 298 g/mol. The molecule has 0 aromatic heterocycles. The second kappa shape index (κ2) is 5.65. The van der Waals surface area contributed by atoms with Gasteiger partial charge in [0.15, 0.2) is 0 Å². The fourth-order valence-electron chi connectivity index (χ4n) is 2.39. The van der Waals surface area contributed by atoms with Crippen molar-refractivity contribution in [1.29, 1.82) is 0 Å². The quantitative estimate of drug-likeness (QED) is 0.928. The predicted octanol–water partition coefficient (Wildman–Crippen LogP) is 3.06. The number of halogens is 1. The van der Waals surface area contributed by atoms with Crippen LogP contribution in [0.1, 0.15) is 30.9 Å². The van der Waals surface area contributed by atoms with E-state index in [0.29, 0.717) is 0 Å². The molecule has 1 aliphatic rings. The molecule has 4 heteroatoms. The molecule has 0 aliphatic carbocycles. The van der Waals surface area contributed by atoms with Crippen LogP contribution in [0.25, 0.3) is 0 Å². The average Bonchev–Trinajstić information content (AvgIpc) is 2.79. The summed E-state index contributed by atoms with van der Waals surface area (Å²) in [6, 6.07) is 7.96. The summed E-state index contributed by atoms with van der Waals surface area (Å²) < 4.78 is 1.00. The van der Waals surface area contributed by atoms with Crippen molar-refractivity contribution < 1.29 is 9.90 Å². The number of carboxylic acid groups (broad SMARTS) is 1. The van der Waals surface area contributed by atoms with Crippen LogP contribution in [0.3, 0.4) is 0 Å². The molecule has 2 rings (SSSR count). The third-order valence-corrected chi connectivity index (χ3v) is 3.68. The lowest BCUT2D eigenvalue weighted by Gasteiger charge is -2.26. The van der Waals surface area contributed by atoms with E-state index in [9.17, 15) is 4.79 Å². The van der Waals surface area contributed by atoms with Crippen LogP contribution < -0.4 is 0 Å². The molecule has 1 aromatic rings. The molecule has 1 fully saturated rings. The van der Waals surface area contributed by atoms with Crippen LogP contribution in [0, 0.1) is 0 Å². The summed E-state index contributed by atoms with van der Waals surface area (Å²) in [5, 5.41) is 9.04. The van der Waals surface area contributed by atoms with Gasteiger partial charge in [-0.25, -0.2) is 0 Å². The van der Waals surface area contributed by atoms with Crippen molar-refractivity contribution in [1.82, 2.24) is 4.90 Å². The number of rotatable bonds is 4. The van der Waals surface area contributed by atoms with Crippen molar-refractivity contribution >= 4 is 21.9 Å². The predicted molar refractivity (Wildman–Crippen MR) is 69.9 cm³/mol. The van der Waals surface area contributed by atoms with Crippen LogP contribution >= 0.6 is 15.9 Å². The maximum atomic E-state index is 11.0. The first-order valence-electron chi connectivity index (χ1n) is 5.88. The molecule has 0 amide bonds. The summed E-state index contributed by atoms with van der Waals surface area (Å²) in [6.07, 6.45) is 2.52. The Hall–Kier alpha value is -0.870. The second-order valence-electron chi connectivity index (χ2n) is 4.41. The Labute approximate surface area is 110 Å². The number of aliphatic carboxylic acids is 1. The van der Waals surface area contributed by atoms with Gasteiger partial charge in [-0.3, -0.25) is 9.69 Å². The molecule has 0 saturated carbocycles. The third kappa shape index (κ3) is 3.30. The van der Waals surface area contributed by atoms with E-state index in [1.807, 2.05) is 24.3 Å². The van der Waals surface area contributed by atoms with Crippen LogP contribution in [-0.4, -0.2) is 29.1 Å². The van der Waals surface area contributed by atoms with Gasteiger partial charge in [0.2, 0.25) is 0 Å². The highest BCUT2D eigenvalue weighted by Gasteiger charge is 2.25. The minimum absolute atomic E-state index is 0.00694. The summed E-state index contributed by atoms with van der Waals surface area (Å²) >= 11 is 3.44. The van der Waals surface area contributed by atoms with Gasteiger partial charge in [0, 0.05) is 10.5 Å². The molecule has 3 nitrogen and oxygen atoms in total. The number of likely N-dealkylation sites (tertiary alicyclic amines) is 1. The molecular formula is C13H16BrNO2. The van der Waals surface area contributed by atoms with Gasteiger partial charge in [0.1, 0.15) is 0 Å². The molecule has 1 saturated heterocycles. The van der Waals surface area contributed by atoms with Crippen LogP contribution in [0.5, 0.6) is 0 Å². The van der Waals surface area contributed by atoms with E-state index in [1.165, 1.54) is 12.8 Å². The Kier molecular flexibility index (Phi) is 4.18. The zero-order valence-corrected chi connectivity index (χ0v) is 11.2. The minimum atomic E-state index is -0.734. The van der Waals surface area contributed by atoms with E-state index < -0.39 is 5.97 Å². The van der Waals surface area contributed by atoms with E-state index >= 15 is 0 Å². The van der Waals surface area contributed by atoms with E-state index in [0.717, 1.165) is 23.1 Å². The van der Waals surface area contributed by atoms with Crippen LogP contribution in [0.15, 0.2) is 28.7 Å². The van der Waals surface area contributed by atoms with Gasteiger partial charge in [-0.15, -0.1) is 0 Å². The highest BCUT2D eigenvalue weighted by Crippen LogP contribution is 2.29. The number of carbonyl (C=O) groups is 1. The van der Waals surface area contributed by atoms with Gasteiger partial charge in [-0.1, -0.05) is 28.1 Å². The monoisotopic (exact) mass is 297 g/mol. The van der Waals surface area contributed by atoms with E-state index in [-0.39, 0.29) is 12.5 Å². The summed E-state index contributed by atoms with van der Waals surface area (Å²) in [7, 11) is 0. The Morgan fingerprint density at radius 3 is 2.71 bits per heavy atom. The largest absolute Gasteiger partial charge is 0.481 e. The molecule has 1 aliphatic heterocycles. The lowest BCUT2D eigenvalue weighted by Crippen LogP contribution is -2.27. The van der Waals surface area contributed by atoms with Gasteiger partial charge < -0.3 is 5.11 Å². The van der Waals surface area contributed by atoms with Gasteiger partial charge in [0.25, 0.3) is 0 Å². The summed E-state index contributed by atoms with van der Waals surface area (Å²) in [6.45, 7) is 2.01. The van der Waals surface area contributed by atoms with Gasteiger partial charge in [-0.2, -0.15) is 0 Å². The lowest BCUT2D eigenvalue weighted by molar-refractivity contribution is -0.138. The molecular weight excluding hydrogens is 282 g/mol. The normalized spacial score (nSPS) is 18.2. The Morgan fingerprint density at radius 2 is 2.12 bits per heavy atom. The number of benzene rings is 1. The molecule has 1 atom stereocenters. The Balaban J connectivity index is 2.22. The third-order valence-electron chi connectivity index (χ3n) is 3.18. The van der Waals surface area contributed by atoms with Gasteiger partial charge in [-0.05, 0) is 43.6 Å². The lowest BCUT2D eigenvalue weighted by atomic mass is 10.0. The van der Waals surface area contributed by atoms with Gasteiger partial charge >= 0.3 is 5.97 Å². The first-order valence-corrected chi connectivity index (χ1v) is 6.67. The van der Waals surface area contributed by atoms with Crippen molar-refractivity contribution in [3.63, 3.8) is 0 Å². The van der Waals surface area contributed by atoms with E-state index in [1.54, 1.807) is 0 Å². The fraction of sp³-hybridized carbons (Fsp3) is 0.462. The molecule has 0 spiro atoms. The van der Waals surface area contributed by atoms with Crippen molar-refractivity contribution in [3.05, 3.63) is 34.3 Å². The topological polar surface area (TPSA) is 40.5 Å². The van der Waals surface area contributed by atoms with Crippen molar-refractivity contribution in [2.75, 3.05) is 13.1 Å². The first kappa shape index (κ1) is 12.6.